The van der Waals surface area contributed by atoms with Gasteiger partial charge in [0.25, 0.3) is 0 Å². The van der Waals surface area contributed by atoms with Gasteiger partial charge in [0.1, 0.15) is 0 Å². The van der Waals surface area contributed by atoms with E-state index in [0.717, 1.165) is 8.58 Å². The molecule has 1 atom stereocenters. The van der Waals surface area contributed by atoms with Gasteiger partial charge in [0.15, 0.2) is 0 Å². The summed E-state index contributed by atoms with van der Waals surface area (Å²) >= 11 is 0. The number of nitrogens with zero attached hydrogens (tertiary/aromatic N) is 1. The Hall–Kier alpha value is -1.68. The molecular weight excluding hydrogens is 340 g/mol. The van der Waals surface area contributed by atoms with Crippen molar-refractivity contribution in [2.45, 2.75) is 0 Å². The highest BCUT2D eigenvalue weighted by atomic mass is 31.1. The van der Waals surface area contributed by atoms with E-state index in [-0.39, 0.29) is 7.92 Å². The van der Waals surface area contributed by atoms with Crippen LogP contribution < -0.4 is 20.8 Å². The van der Waals surface area contributed by atoms with Crippen LogP contribution >= 0.6 is 16.5 Å². The van der Waals surface area contributed by atoms with Gasteiger partial charge in [-0.2, -0.15) is 0 Å². The summed E-state index contributed by atoms with van der Waals surface area (Å²) in [6, 6.07) is 30.8. The number of hydrogen-bond acceptors (Lipinski definition) is 1. The van der Waals surface area contributed by atoms with Crippen molar-refractivity contribution in [1.82, 2.24) is 0 Å². The number of benzene rings is 3. The van der Waals surface area contributed by atoms with Gasteiger partial charge in [-0.05, 0) is 42.2 Å². The summed E-state index contributed by atoms with van der Waals surface area (Å²) in [5.41, 5.74) is 1.35. The first-order chi connectivity index (χ1) is 12.3. The molecule has 3 heteroatoms. The van der Waals surface area contributed by atoms with E-state index in [1.54, 1.807) is 0 Å². The minimum atomic E-state index is -0.279. The SMILES string of the molecule is CN(C)c1ccccc1PCCP(c1ccccc1)c1ccccc1. The maximum absolute atomic E-state index is 2.29. The van der Waals surface area contributed by atoms with Crippen molar-refractivity contribution in [2.75, 3.05) is 31.3 Å². The fourth-order valence-corrected chi connectivity index (χ4v) is 7.13. The van der Waals surface area contributed by atoms with E-state index in [1.807, 2.05) is 0 Å². The maximum Gasteiger partial charge on any atom is 0.0436 e. The number of rotatable bonds is 7. The van der Waals surface area contributed by atoms with Crippen LogP contribution in [0.4, 0.5) is 5.69 Å². The lowest BCUT2D eigenvalue weighted by atomic mass is 10.3. The van der Waals surface area contributed by atoms with Gasteiger partial charge < -0.3 is 4.90 Å². The predicted molar refractivity (Wildman–Crippen MR) is 118 cm³/mol. The van der Waals surface area contributed by atoms with Crippen LogP contribution in [0.15, 0.2) is 84.9 Å². The molecule has 0 bridgehead atoms. The zero-order valence-corrected chi connectivity index (χ0v) is 16.8. The van der Waals surface area contributed by atoms with Crippen molar-refractivity contribution in [2.24, 2.45) is 0 Å². The van der Waals surface area contributed by atoms with Crippen molar-refractivity contribution >= 4 is 38.1 Å². The van der Waals surface area contributed by atoms with Gasteiger partial charge >= 0.3 is 0 Å². The van der Waals surface area contributed by atoms with E-state index in [2.05, 4.69) is 104 Å². The van der Waals surface area contributed by atoms with E-state index in [9.17, 15) is 0 Å². The molecule has 0 heterocycles. The highest BCUT2D eigenvalue weighted by molar-refractivity contribution is 7.73. The average Bonchev–Trinajstić information content (AvgIpc) is 2.67. The van der Waals surface area contributed by atoms with Crippen molar-refractivity contribution in [1.29, 1.82) is 0 Å². The van der Waals surface area contributed by atoms with Crippen LogP contribution in [0.3, 0.4) is 0 Å². The Kier molecular flexibility index (Phi) is 6.62. The summed E-state index contributed by atoms with van der Waals surface area (Å²) in [5, 5.41) is 4.44. The van der Waals surface area contributed by atoms with Crippen LogP contribution in [0.5, 0.6) is 0 Å². The predicted octanol–water partition coefficient (Wildman–Crippen LogP) is 4.19. The third kappa shape index (κ3) is 4.91. The molecule has 3 rings (SSSR count). The maximum atomic E-state index is 2.29. The molecule has 0 amide bonds. The highest BCUT2D eigenvalue weighted by Crippen LogP contribution is 2.35. The second-order valence-corrected chi connectivity index (χ2v) is 9.89. The molecule has 0 aliphatic rings. The van der Waals surface area contributed by atoms with Gasteiger partial charge in [0.05, 0.1) is 0 Å². The number of hydrogen-bond donors (Lipinski definition) is 0. The van der Waals surface area contributed by atoms with Gasteiger partial charge in [-0.3, -0.25) is 0 Å². The fraction of sp³-hybridized carbons (Fsp3) is 0.182. The third-order valence-electron chi connectivity index (χ3n) is 4.17. The summed E-state index contributed by atoms with van der Waals surface area (Å²) < 4.78 is 0. The normalized spacial score (nSPS) is 11.3. The molecule has 0 saturated heterocycles. The molecular formula is C22H25NP2. The quantitative estimate of drug-likeness (QED) is 0.568. The molecule has 0 spiro atoms. The van der Waals surface area contributed by atoms with Gasteiger partial charge in [-0.15, -0.1) is 0 Å². The van der Waals surface area contributed by atoms with E-state index < -0.39 is 0 Å². The van der Waals surface area contributed by atoms with Crippen LogP contribution in [0.1, 0.15) is 0 Å². The van der Waals surface area contributed by atoms with E-state index in [1.165, 1.54) is 33.9 Å². The molecule has 3 aromatic carbocycles. The Morgan fingerprint density at radius 3 is 1.80 bits per heavy atom. The Balaban J connectivity index is 1.74. The van der Waals surface area contributed by atoms with E-state index in [4.69, 9.17) is 0 Å². The largest absolute Gasteiger partial charge is 0.377 e. The lowest BCUT2D eigenvalue weighted by Gasteiger charge is -2.20. The lowest BCUT2D eigenvalue weighted by molar-refractivity contribution is 1.14. The summed E-state index contributed by atoms with van der Waals surface area (Å²) in [5.74, 6) is 0. The Morgan fingerprint density at radius 1 is 0.720 bits per heavy atom. The fourth-order valence-electron chi connectivity index (χ4n) is 2.94. The third-order valence-corrected chi connectivity index (χ3v) is 8.41. The molecule has 0 radical (unpaired) electrons. The van der Waals surface area contributed by atoms with Crippen molar-refractivity contribution in [3.63, 3.8) is 0 Å². The first-order valence-corrected chi connectivity index (χ1v) is 11.4. The molecule has 0 aliphatic heterocycles. The Bertz CT molecular complexity index is 733. The van der Waals surface area contributed by atoms with Gasteiger partial charge in [0.2, 0.25) is 0 Å². The average molecular weight is 365 g/mol. The van der Waals surface area contributed by atoms with Crippen LogP contribution in [-0.4, -0.2) is 26.4 Å². The van der Waals surface area contributed by atoms with Crippen LogP contribution in [0, 0.1) is 0 Å². The molecule has 0 aliphatic carbocycles. The lowest BCUT2D eigenvalue weighted by Crippen LogP contribution is -2.18. The molecule has 0 fully saturated rings. The van der Waals surface area contributed by atoms with Crippen molar-refractivity contribution in [3.8, 4) is 0 Å². The van der Waals surface area contributed by atoms with Crippen molar-refractivity contribution < 1.29 is 0 Å². The van der Waals surface area contributed by atoms with Crippen LogP contribution in [0.25, 0.3) is 0 Å². The molecule has 25 heavy (non-hydrogen) atoms. The van der Waals surface area contributed by atoms with Gasteiger partial charge in [-0.1, -0.05) is 87.4 Å². The standard InChI is InChI=1S/C22H25NP2/c1-23(2)21-15-9-10-16-22(21)24-17-18-25(19-11-5-3-6-12-19)20-13-7-4-8-14-20/h3-16,24H,17-18H2,1-2H3. The molecule has 128 valence electrons. The minimum Gasteiger partial charge on any atom is -0.377 e. The molecule has 0 N–H and O–H groups in total. The Labute approximate surface area is 154 Å². The molecule has 1 unspecified atom stereocenters. The molecule has 3 aromatic rings. The van der Waals surface area contributed by atoms with E-state index in [0.29, 0.717) is 0 Å². The summed E-state index contributed by atoms with van der Waals surface area (Å²) in [6.45, 7) is 0. The number of para-hydroxylation sites is 1. The van der Waals surface area contributed by atoms with E-state index >= 15 is 0 Å². The molecule has 0 saturated carbocycles. The molecule has 1 nitrogen and oxygen atoms in total. The van der Waals surface area contributed by atoms with Crippen LogP contribution in [-0.2, 0) is 0 Å². The minimum absolute atomic E-state index is 0.279. The monoisotopic (exact) mass is 365 g/mol. The Morgan fingerprint density at radius 2 is 1.24 bits per heavy atom. The topological polar surface area (TPSA) is 3.24 Å². The summed E-state index contributed by atoms with van der Waals surface area (Å²) in [4.78, 5) is 2.22. The summed E-state index contributed by atoms with van der Waals surface area (Å²) in [7, 11) is 4.83. The molecule has 0 aromatic heterocycles. The first-order valence-electron chi connectivity index (χ1n) is 8.63. The zero-order valence-electron chi connectivity index (χ0n) is 14.9. The zero-order chi connectivity index (χ0) is 17.5. The second kappa shape index (κ2) is 9.14. The highest BCUT2D eigenvalue weighted by Gasteiger charge is 2.13. The first kappa shape index (κ1) is 18.1. The van der Waals surface area contributed by atoms with Gasteiger partial charge in [0, 0.05) is 19.8 Å². The van der Waals surface area contributed by atoms with Crippen molar-refractivity contribution in [3.05, 3.63) is 84.9 Å². The second-order valence-electron chi connectivity index (χ2n) is 6.16. The van der Waals surface area contributed by atoms with Crippen LogP contribution in [0.2, 0.25) is 0 Å². The smallest absolute Gasteiger partial charge is 0.0436 e. The summed E-state index contributed by atoms with van der Waals surface area (Å²) in [6.07, 6.45) is 2.48. The number of anilines is 1. The van der Waals surface area contributed by atoms with Gasteiger partial charge in [-0.25, -0.2) is 0 Å².